The van der Waals surface area contributed by atoms with Crippen molar-refractivity contribution < 1.29 is 19.1 Å². The van der Waals surface area contributed by atoms with Gasteiger partial charge >= 0.3 is 0 Å². The van der Waals surface area contributed by atoms with Crippen LogP contribution in [0.3, 0.4) is 0 Å². The summed E-state index contributed by atoms with van der Waals surface area (Å²) >= 11 is 3.17. The second kappa shape index (κ2) is 9.07. The van der Waals surface area contributed by atoms with Crippen molar-refractivity contribution in [3.8, 4) is 5.75 Å². The number of methoxy groups -OCH3 is 1. The molecule has 1 aliphatic rings. The fourth-order valence-corrected chi connectivity index (χ4v) is 4.88. The quantitative estimate of drug-likeness (QED) is 0.532. The third kappa shape index (κ3) is 4.28. The largest absolute Gasteiger partial charge is 0.497 e. The van der Waals surface area contributed by atoms with E-state index >= 15 is 0 Å². The number of amides is 3. The first-order chi connectivity index (χ1) is 15.0. The minimum absolute atomic E-state index is 0.218. The smallest absolute Gasteiger partial charge is 0.279 e. The summed E-state index contributed by atoms with van der Waals surface area (Å²) < 4.78 is 8.35. The van der Waals surface area contributed by atoms with E-state index in [1.807, 2.05) is 29.0 Å². The van der Waals surface area contributed by atoms with Gasteiger partial charge in [0.05, 0.1) is 23.0 Å². The van der Waals surface area contributed by atoms with Crippen molar-refractivity contribution >= 4 is 56.7 Å². The Morgan fingerprint density at radius 2 is 1.84 bits per heavy atom. The van der Waals surface area contributed by atoms with Gasteiger partial charge in [-0.2, -0.15) is 16.8 Å². The highest BCUT2D eigenvalue weighted by Gasteiger charge is 2.30. The summed E-state index contributed by atoms with van der Waals surface area (Å²) in [5.41, 5.74) is 1.88. The molecule has 2 aromatic carbocycles. The van der Waals surface area contributed by atoms with Gasteiger partial charge < -0.3 is 9.30 Å². The molecule has 0 radical (unpaired) electrons. The Bertz CT molecular complexity index is 1210. The van der Waals surface area contributed by atoms with Crippen LogP contribution in [0, 0.1) is 0 Å². The van der Waals surface area contributed by atoms with Gasteiger partial charge in [-0.1, -0.05) is 11.3 Å². The third-order valence-electron chi connectivity index (χ3n) is 5.03. The Morgan fingerprint density at radius 3 is 2.48 bits per heavy atom. The summed E-state index contributed by atoms with van der Waals surface area (Å²) in [5.74, 6) is 0.840. The molecular weight excluding hydrogens is 434 g/mol. The summed E-state index contributed by atoms with van der Waals surface area (Å²) in [4.78, 5) is 42.8. The Hall–Kier alpha value is -2.91. The Morgan fingerprint density at radius 1 is 1.13 bits per heavy atom. The average molecular weight is 456 g/mol. The van der Waals surface area contributed by atoms with Gasteiger partial charge in [0.1, 0.15) is 5.75 Å². The van der Waals surface area contributed by atoms with Gasteiger partial charge in [0.15, 0.2) is 4.80 Å². The molecule has 3 aromatic rings. The summed E-state index contributed by atoms with van der Waals surface area (Å²) in [6, 6.07) is 12.2. The van der Waals surface area contributed by atoms with Crippen LogP contribution in [-0.4, -0.2) is 41.4 Å². The van der Waals surface area contributed by atoms with Crippen molar-refractivity contribution in [2.75, 3.05) is 24.0 Å². The Labute approximate surface area is 187 Å². The van der Waals surface area contributed by atoms with Gasteiger partial charge in [0, 0.05) is 30.7 Å². The second-order valence-corrected chi connectivity index (χ2v) is 8.94. The van der Waals surface area contributed by atoms with E-state index in [9.17, 15) is 14.4 Å². The minimum atomic E-state index is -0.373. The number of nitrogens with zero attached hydrogens (tertiary/aromatic N) is 3. The molecule has 3 amide bonds. The van der Waals surface area contributed by atoms with E-state index in [-0.39, 0.29) is 30.6 Å². The summed E-state index contributed by atoms with van der Waals surface area (Å²) in [6.45, 7) is 0.734. The maximum absolute atomic E-state index is 12.9. The van der Waals surface area contributed by atoms with Gasteiger partial charge in [-0.15, -0.1) is 0 Å². The number of ether oxygens (including phenoxy) is 1. The monoisotopic (exact) mass is 455 g/mol. The van der Waals surface area contributed by atoms with Gasteiger partial charge in [-0.05, 0) is 48.7 Å². The lowest BCUT2D eigenvalue weighted by Crippen LogP contribution is -2.28. The van der Waals surface area contributed by atoms with Gasteiger partial charge in [0.2, 0.25) is 11.8 Å². The molecule has 0 saturated carbocycles. The number of benzene rings is 2. The van der Waals surface area contributed by atoms with E-state index in [1.54, 1.807) is 43.1 Å². The summed E-state index contributed by atoms with van der Waals surface area (Å²) in [6.07, 6.45) is 2.49. The minimum Gasteiger partial charge on any atom is -0.497 e. The summed E-state index contributed by atoms with van der Waals surface area (Å²) in [7, 11) is 1.62. The van der Waals surface area contributed by atoms with Crippen LogP contribution in [0.2, 0.25) is 0 Å². The maximum Gasteiger partial charge on any atom is 0.279 e. The molecule has 4 rings (SSSR count). The highest BCUT2D eigenvalue weighted by Crippen LogP contribution is 2.25. The molecule has 2 heterocycles. The first kappa shape index (κ1) is 21.3. The number of imide groups is 1. The number of aryl methyl sites for hydroxylation is 1. The van der Waals surface area contributed by atoms with E-state index in [4.69, 9.17) is 4.74 Å². The van der Waals surface area contributed by atoms with Crippen molar-refractivity contribution in [3.05, 3.63) is 52.8 Å². The van der Waals surface area contributed by atoms with E-state index in [0.717, 1.165) is 28.3 Å². The van der Waals surface area contributed by atoms with Gasteiger partial charge in [-0.25, -0.2) is 0 Å². The zero-order valence-corrected chi connectivity index (χ0v) is 18.8. The molecule has 1 fully saturated rings. The molecule has 1 saturated heterocycles. The number of thioether (sulfide) groups is 1. The first-order valence-electron chi connectivity index (χ1n) is 9.73. The van der Waals surface area contributed by atoms with Crippen LogP contribution < -0.4 is 14.4 Å². The maximum atomic E-state index is 12.9. The number of thiazole rings is 1. The van der Waals surface area contributed by atoms with Crippen molar-refractivity contribution in [1.29, 1.82) is 0 Å². The fraction of sp³-hybridized carbons (Fsp3) is 0.273. The van der Waals surface area contributed by atoms with Gasteiger partial charge in [-0.3, -0.25) is 19.3 Å². The molecule has 1 aromatic heterocycles. The molecule has 160 valence electrons. The van der Waals surface area contributed by atoms with E-state index in [2.05, 4.69) is 4.99 Å². The van der Waals surface area contributed by atoms with E-state index in [1.165, 1.54) is 16.2 Å². The standard InChI is InChI=1S/C22H21N3O4S2/c1-29-16-7-8-17-18(13-16)31-22(24(17)11-12-30-2)23-21(28)14-3-5-15(6-4-14)25-19(26)9-10-20(25)27/h3-8,13H,9-12H2,1-2H3. The molecule has 0 atom stereocenters. The molecule has 0 aliphatic carbocycles. The Balaban J connectivity index is 1.68. The molecule has 0 unspecified atom stereocenters. The van der Waals surface area contributed by atoms with Crippen LogP contribution >= 0.6 is 23.1 Å². The topological polar surface area (TPSA) is 81.0 Å². The van der Waals surface area contributed by atoms with Crippen molar-refractivity contribution in [2.45, 2.75) is 19.4 Å². The molecule has 9 heteroatoms. The molecule has 7 nitrogen and oxygen atoms in total. The van der Waals surface area contributed by atoms with Crippen molar-refractivity contribution in [2.24, 2.45) is 4.99 Å². The van der Waals surface area contributed by atoms with E-state index in [0.29, 0.717) is 16.1 Å². The lowest BCUT2D eigenvalue weighted by atomic mass is 10.2. The lowest BCUT2D eigenvalue weighted by molar-refractivity contribution is -0.121. The number of aromatic nitrogens is 1. The average Bonchev–Trinajstić information content (AvgIpc) is 3.30. The van der Waals surface area contributed by atoms with Crippen LogP contribution in [0.1, 0.15) is 23.2 Å². The van der Waals surface area contributed by atoms with Crippen molar-refractivity contribution in [3.63, 3.8) is 0 Å². The fourth-order valence-electron chi connectivity index (χ4n) is 3.43. The number of hydrogen-bond donors (Lipinski definition) is 0. The molecular formula is C22H21N3O4S2. The number of hydrogen-bond acceptors (Lipinski definition) is 6. The normalized spacial score (nSPS) is 14.6. The van der Waals surface area contributed by atoms with Crippen LogP contribution in [0.4, 0.5) is 5.69 Å². The predicted molar refractivity (Wildman–Crippen MR) is 123 cm³/mol. The SMILES string of the molecule is COc1ccc2c(c1)sc(=NC(=O)c1ccc(N3C(=O)CCC3=O)cc1)n2CCSC. The zero-order chi connectivity index (χ0) is 22.0. The summed E-state index contributed by atoms with van der Waals surface area (Å²) in [5, 5.41) is 0. The van der Waals surface area contributed by atoms with Crippen LogP contribution in [0.25, 0.3) is 10.2 Å². The Kier molecular flexibility index (Phi) is 6.24. The number of anilines is 1. The second-order valence-electron chi connectivity index (χ2n) is 6.95. The van der Waals surface area contributed by atoms with Crippen molar-refractivity contribution in [1.82, 2.24) is 4.57 Å². The number of carbonyl (C=O) groups is 3. The third-order valence-corrected chi connectivity index (χ3v) is 6.66. The molecule has 31 heavy (non-hydrogen) atoms. The highest BCUT2D eigenvalue weighted by molar-refractivity contribution is 7.98. The van der Waals surface area contributed by atoms with Gasteiger partial charge in [0.25, 0.3) is 5.91 Å². The first-order valence-corrected chi connectivity index (χ1v) is 11.9. The molecule has 0 spiro atoms. The van der Waals surface area contributed by atoms with E-state index < -0.39 is 0 Å². The zero-order valence-electron chi connectivity index (χ0n) is 17.2. The lowest BCUT2D eigenvalue weighted by Gasteiger charge is -2.13. The van der Waals surface area contributed by atoms with Crippen LogP contribution in [0.15, 0.2) is 47.5 Å². The number of carbonyl (C=O) groups excluding carboxylic acids is 3. The molecule has 0 bridgehead atoms. The molecule has 1 aliphatic heterocycles. The number of fused-ring (bicyclic) bond motifs is 1. The molecule has 0 N–H and O–H groups in total. The highest BCUT2D eigenvalue weighted by atomic mass is 32.2. The van der Waals surface area contributed by atoms with Crippen LogP contribution in [0.5, 0.6) is 5.75 Å². The van der Waals surface area contributed by atoms with Crippen LogP contribution in [-0.2, 0) is 16.1 Å². The predicted octanol–water partition coefficient (Wildman–Crippen LogP) is 3.47. The number of rotatable bonds is 6.